The van der Waals surface area contributed by atoms with Gasteiger partial charge in [0, 0.05) is 19.0 Å². The van der Waals surface area contributed by atoms with Crippen molar-refractivity contribution in [3.05, 3.63) is 0 Å². The van der Waals surface area contributed by atoms with Gasteiger partial charge in [-0.2, -0.15) is 0 Å². The second-order valence-electron chi connectivity index (χ2n) is 5.13. The number of nitrogens with zero attached hydrogens (tertiary/aromatic N) is 1. The van der Waals surface area contributed by atoms with Gasteiger partial charge in [-0.15, -0.1) is 0 Å². The van der Waals surface area contributed by atoms with Crippen LogP contribution in [0.2, 0.25) is 0 Å². The Bertz CT molecular complexity index is 297. The lowest BCUT2D eigenvalue weighted by atomic mass is 9.96. The molecule has 1 amide bonds. The van der Waals surface area contributed by atoms with Gasteiger partial charge in [0.1, 0.15) is 0 Å². The van der Waals surface area contributed by atoms with E-state index in [1.807, 2.05) is 4.90 Å². The van der Waals surface area contributed by atoms with E-state index in [9.17, 15) is 9.59 Å². The lowest BCUT2D eigenvalue weighted by molar-refractivity contribution is -0.149. The first kappa shape index (κ1) is 12.4. The average Bonchev–Trinajstić information content (AvgIpc) is 2.91. The summed E-state index contributed by atoms with van der Waals surface area (Å²) in [4.78, 5) is 25.6. The summed E-state index contributed by atoms with van der Waals surface area (Å²) in [6.07, 6.45) is 6.16. The first-order chi connectivity index (χ1) is 8.22. The Kier molecular flexibility index (Phi) is 4.02. The summed E-state index contributed by atoms with van der Waals surface area (Å²) in [5.74, 6) is 0.190. The molecule has 1 saturated carbocycles. The van der Waals surface area contributed by atoms with Crippen LogP contribution in [0.1, 0.15) is 38.5 Å². The number of likely N-dealkylation sites (tertiary alicyclic amines) is 1. The van der Waals surface area contributed by atoms with Gasteiger partial charge in [0.2, 0.25) is 5.91 Å². The molecule has 0 bridgehead atoms. The summed E-state index contributed by atoms with van der Waals surface area (Å²) in [7, 11) is 1.42. The highest BCUT2D eigenvalue weighted by Crippen LogP contribution is 2.28. The fourth-order valence-corrected chi connectivity index (χ4v) is 2.97. The van der Waals surface area contributed by atoms with E-state index < -0.39 is 0 Å². The molecule has 1 aliphatic carbocycles. The molecule has 2 fully saturated rings. The number of carbonyl (C=O) groups is 2. The fraction of sp³-hybridized carbons (Fsp3) is 0.846. The molecule has 0 spiro atoms. The second kappa shape index (κ2) is 5.52. The lowest BCUT2D eigenvalue weighted by Gasteiger charge is -2.33. The van der Waals surface area contributed by atoms with Crippen molar-refractivity contribution in [2.45, 2.75) is 38.5 Å². The fourth-order valence-electron chi connectivity index (χ4n) is 2.97. The number of esters is 1. The Morgan fingerprint density at radius 3 is 2.35 bits per heavy atom. The van der Waals surface area contributed by atoms with Crippen LogP contribution in [0.5, 0.6) is 0 Å². The topological polar surface area (TPSA) is 46.6 Å². The van der Waals surface area contributed by atoms with Crippen LogP contribution < -0.4 is 0 Å². The minimum absolute atomic E-state index is 0.112. The molecule has 0 N–H and O–H groups in total. The maximum Gasteiger partial charge on any atom is 0.310 e. The monoisotopic (exact) mass is 239 g/mol. The maximum absolute atomic E-state index is 12.2. The highest BCUT2D eigenvalue weighted by atomic mass is 16.5. The number of hydrogen-bond acceptors (Lipinski definition) is 3. The molecule has 2 aliphatic rings. The maximum atomic E-state index is 12.2. The van der Waals surface area contributed by atoms with E-state index in [-0.39, 0.29) is 23.7 Å². The smallest absolute Gasteiger partial charge is 0.310 e. The Labute approximate surface area is 102 Å². The summed E-state index contributed by atoms with van der Waals surface area (Å²) in [5, 5.41) is 0. The van der Waals surface area contributed by atoms with Crippen LogP contribution in [0.15, 0.2) is 0 Å². The Morgan fingerprint density at radius 1 is 1.06 bits per heavy atom. The summed E-state index contributed by atoms with van der Waals surface area (Å²) < 4.78 is 4.77. The minimum Gasteiger partial charge on any atom is -0.469 e. The zero-order valence-electron chi connectivity index (χ0n) is 10.5. The third kappa shape index (κ3) is 2.79. The highest BCUT2D eigenvalue weighted by Gasteiger charge is 2.33. The van der Waals surface area contributed by atoms with E-state index in [4.69, 9.17) is 4.74 Å². The molecule has 0 unspecified atom stereocenters. The Morgan fingerprint density at radius 2 is 1.71 bits per heavy atom. The molecule has 96 valence electrons. The molecule has 0 aromatic carbocycles. The SMILES string of the molecule is COC(=O)[C@H]1CCCN(C(=O)C2CCCC2)C1. The Hall–Kier alpha value is -1.06. The van der Waals surface area contributed by atoms with E-state index in [0.29, 0.717) is 6.54 Å². The standard InChI is InChI=1S/C13H21NO3/c1-17-13(16)11-7-4-8-14(9-11)12(15)10-5-2-3-6-10/h10-11H,2-9H2,1H3/t11-/m0/s1. The summed E-state index contributed by atoms with van der Waals surface area (Å²) in [6.45, 7) is 1.37. The normalized spacial score (nSPS) is 25.9. The van der Waals surface area contributed by atoms with Crippen LogP contribution in [0.4, 0.5) is 0 Å². The van der Waals surface area contributed by atoms with Crippen molar-refractivity contribution in [2.75, 3.05) is 20.2 Å². The quantitative estimate of drug-likeness (QED) is 0.687. The number of methoxy groups -OCH3 is 1. The van der Waals surface area contributed by atoms with Gasteiger partial charge < -0.3 is 9.64 Å². The van der Waals surface area contributed by atoms with Crippen molar-refractivity contribution in [2.24, 2.45) is 11.8 Å². The van der Waals surface area contributed by atoms with Gasteiger partial charge in [0.05, 0.1) is 13.0 Å². The van der Waals surface area contributed by atoms with Crippen molar-refractivity contribution in [1.29, 1.82) is 0 Å². The van der Waals surface area contributed by atoms with E-state index in [0.717, 1.165) is 32.2 Å². The first-order valence-corrected chi connectivity index (χ1v) is 6.59. The molecule has 4 heteroatoms. The number of rotatable bonds is 2. The van der Waals surface area contributed by atoms with Gasteiger partial charge in [0.15, 0.2) is 0 Å². The van der Waals surface area contributed by atoms with E-state index in [2.05, 4.69) is 0 Å². The molecule has 0 radical (unpaired) electrons. The minimum atomic E-state index is -0.172. The van der Waals surface area contributed by atoms with E-state index >= 15 is 0 Å². The average molecular weight is 239 g/mol. The van der Waals surface area contributed by atoms with E-state index in [1.165, 1.54) is 20.0 Å². The van der Waals surface area contributed by atoms with Crippen molar-refractivity contribution in [3.8, 4) is 0 Å². The second-order valence-corrected chi connectivity index (χ2v) is 5.13. The third-order valence-corrected chi connectivity index (χ3v) is 3.97. The predicted molar refractivity (Wildman–Crippen MR) is 63.3 cm³/mol. The van der Waals surface area contributed by atoms with Gasteiger partial charge in [-0.05, 0) is 25.7 Å². The number of ether oxygens (including phenoxy) is 1. The van der Waals surface area contributed by atoms with Crippen molar-refractivity contribution in [3.63, 3.8) is 0 Å². The van der Waals surface area contributed by atoms with Crippen molar-refractivity contribution >= 4 is 11.9 Å². The molecule has 4 nitrogen and oxygen atoms in total. The van der Waals surface area contributed by atoms with Gasteiger partial charge in [-0.1, -0.05) is 12.8 Å². The molecular weight excluding hydrogens is 218 g/mol. The predicted octanol–water partition coefficient (Wildman–Crippen LogP) is 1.59. The van der Waals surface area contributed by atoms with Gasteiger partial charge in [-0.25, -0.2) is 0 Å². The number of amides is 1. The van der Waals surface area contributed by atoms with Gasteiger partial charge in [-0.3, -0.25) is 9.59 Å². The molecule has 1 atom stereocenters. The molecule has 1 heterocycles. The number of piperidine rings is 1. The molecule has 1 saturated heterocycles. The van der Waals surface area contributed by atoms with Crippen LogP contribution in [0.25, 0.3) is 0 Å². The summed E-state index contributed by atoms with van der Waals surface area (Å²) >= 11 is 0. The van der Waals surface area contributed by atoms with Crippen LogP contribution in [-0.4, -0.2) is 37.0 Å². The zero-order chi connectivity index (χ0) is 12.3. The summed E-state index contributed by atoms with van der Waals surface area (Å²) in [5.41, 5.74) is 0. The van der Waals surface area contributed by atoms with Crippen molar-refractivity contribution in [1.82, 2.24) is 4.90 Å². The number of hydrogen-bond donors (Lipinski definition) is 0. The molecule has 2 rings (SSSR count). The van der Waals surface area contributed by atoms with Crippen molar-refractivity contribution < 1.29 is 14.3 Å². The summed E-state index contributed by atoms with van der Waals surface area (Å²) in [6, 6.07) is 0. The third-order valence-electron chi connectivity index (χ3n) is 3.97. The molecule has 0 aromatic heterocycles. The van der Waals surface area contributed by atoms with Crippen LogP contribution in [0, 0.1) is 11.8 Å². The van der Waals surface area contributed by atoms with Gasteiger partial charge in [0.25, 0.3) is 0 Å². The molecular formula is C13H21NO3. The lowest BCUT2D eigenvalue weighted by Crippen LogP contribution is -2.44. The van der Waals surface area contributed by atoms with Gasteiger partial charge >= 0.3 is 5.97 Å². The molecule has 0 aromatic rings. The van der Waals surface area contributed by atoms with Crippen LogP contribution in [0.3, 0.4) is 0 Å². The van der Waals surface area contributed by atoms with Crippen LogP contribution >= 0.6 is 0 Å². The molecule has 17 heavy (non-hydrogen) atoms. The number of carbonyl (C=O) groups excluding carboxylic acids is 2. The largest absolute Gasteiger partial charge is 0.469 e. The molecule has 1 aliphatic heterocycles. The zero-order valence-corrected chi connectivity index (χ0v) is 10.5. The van der Waals surface area contributed by atoms with Crippen LogP contribution in [-0.2, 0) is 14.3 Å². The first-order valence-electron chi connectivity index (χ1n) is 6.59. The Balaban J connectivity index is 1.92. The van der Waals surface area contributed by atoms with E-state index in [1.54, 1.807) is 0 Å². The highest BCUT2D eigenvalue weighted by molar-refractivity contribution is 5.80.